The lowest BCUT2D eigenvalue weighted by Crippen LogP contribution is -2.50. The van der Waals surface area contributed by atoms with Crippen molar-refractivity contribution >= 4 is 28.9 Å². The minimum Gasteiger partial charge on any atom is -0.370 e. The number of nitrogens with two attached hydrogens (primary N) is 1. The molecule has 1 saturated heterocycles. The summed E-state index contributed by atoms with van der Waals surface area (Å²) >= 11 is 7.97. The van der Waals surface area contributed by atoms with Crippen molar-refractivity contribution in [3.05, 3.63) is 38.8 Å². The highest BCUT2D eigenvalue weighted by Crippen LogP contribution is 2.47. The predicted octanol–water partition coefficient (Wildman–Crippen LogP) is 3.23. The second-order valence-corrected chi connectivity index (χ2v) is 8.47. The number of halogens is 1. The molecule has 4 heterocycles. The maximum Gasteiger partial charge on any atom is 0.219 e. The summed E-state index contributed by atoms with van der Waals surface area (Å²) < 4.78 is 7.19. The number of ether oxygens (including phenoxy) is 1. The van der Waals surface area contributed by atoms with E-state index in [0.29, 0.717) is 12.0 Å². The second kappa shape index (κ2) is 6.26. The van der Waals surface area contributed by atoms with Crippen molar-refractivity contribution in [2.45, 2.75) is 44.4 Å². The average Bonchev–Trinajstić information content (AvgIpc) is 2.94. The molecule has 0 radical (unpaired) electrons. The molecule has 2 aliphatic rings. The normalized spacial score (nSPS) is 27.3. The van der Waals surface area contributed by atoms with Crippen LogP contribution in [0, 0.1) is 0 Å². The zero-order valence-corrected chi connectivity index (χ0v) is 15.2. The number of nitrogen functional groups attached to an aromatic ring is 1. The molecule has 0 saturated carbocycles. The van der Waals surface area contributed by atoms with Crippen LogP contribution in [0.2, 0.25) is 4.34 Å². The predicted molar refractivity (Wildman–Crippen MR) is 96.2 cm³/mol. The van der Waals surface area contributed by atoms with Gasteiger partial charge in [-0.2, -0.15) is 0 Å². The minimum atomic E-state index is -0.162. The van der Waals surface area contributed by atoms with Gasteiger partial charge in [-0.3, -0.25) is 4.90 Å². The molecule has 0 bridgehead atoms. The van der Waals surface area contributed by atoms with Crippen LogP contribution in [-0.4, -0.2) is 34.1 Å². The number of hydrogen-bond acceptors (Lipinski definition) is 6. The summed E-state index contributed by atoms with van der Waals surface area (Å²) in [6, 6.07) is 2.54. The van der Waals surface area contributed by atoms with Gasteiger partial charge in [0, 0.05) is 48.4 Å². The number of hydrogen-bond donors (Lipinski definition) is 1. The SMILES string of the molecule is C[C@H]1C[C@@]2(CCN1Cc1cnc(N)nc1)OCCc1sc(Cl)cc12. The molecule has 128 valence electrons. The minimum absolute atomic E-state index is 0.162. The van der Waals surface area contributed by atoms with Gasteiger partial charge in [0.15, 0.2) is 0 Å². The monoisotopic (exact) mass is 364 g/mol. The van der Waals surface area contributed by atoms with Gasteiger partial charge in [-0.1, -0.05) is 11.6 Å². The first-order valence-electron chi connectivity index (χ1n) is 8.29. The first-order valence-corrected chi connectivity index (χ1v) is 9.48. The Balaban J connectivity index is 1.51. The summed E-state index contributed by atoms with van der Waals surface area (Å²) in [7, 11) is 0. The van der Waals surface area contributed by atoms with E-state index in [9.17, 15) is 0 Å². The molecule has 0 aliphatic carbocycles. The highest BCUT2D eigenvalue weighted by atomic mass is 35.5. The van der Waals surface area contributed by atoms with E-state index in [1.165, 1.54) is 10.4 Å². The molecular formula is C17H21ClN4OS. The van der Waals surface area contributed by atoms with Gasteiger partial charge in [0.25, 0.3) is 0 Å². The van der Waals surface area contributed by atoms with Crippen LogP contribution in [0.15, 0.2) is 18.5 Å². The zero-order chi connectivity index (χ0) is 16.7. The largest absolute Gasteiger partial charge is 0.370 e. The van der Waals surface area contributed by atoms with Crippen LogP contribution in [0.5, 0.6) is 0 Å². The first kappa shape index (κ1) is 16.3. The Morgan fingerprint density at radius 3 is 3.00 bits per heavy atom. The molecule has 24 heavy (non-hydrogen) atoms. The summed E-state index contributed by atoms with van der Waals surface area (Å²) in [5.41, 5.74) is 7.82. The zero-order valence-electron chi connectivity index (χ0n) is 13.7. The number of fused-ring (bicyclic) bond motifs is 2. The van der Waals surface area contributed by atoms with Crippen molar-refractivity contribution in [2.75, 3.05) is 18.9 Å². The van der Waals surface area contributed by atoms with E-state index in [1.54, 1.807) is 11.3 Å². The highest BCUT2D eigenvalue weighted by Gasteiger charge is 2.44. The summed E-state index contributed by atoms with van der Waals surface area (Å²) in [5.74, 6) is 0.321. The van der Waals surface area contributed by atoms with Crippen LogP contribution in [0.4, 0.5) is 5.95 Å². The molecule has 1 spiro atoms. The fourth-order valence-corrected chi connectivity index (χ4v) is 5.27. The van der Waals surface area contributed by atoms with Gasteiger partial charge in [0.1, 0.15) is 0 Å². The average molecular weight is 365 g/mol. The third-order valence-electron chi connectivity index (χ3n) is 5.14. The fraction of sp³-hybridized carbons (Fsp3) is 0.529. The third-order valence-corrected chi connectivity index (χ3v) is 6.46. The van der Waals surface area contributed by atoms with Crippen molar-refractivity contribution in [2.24, 2.45) is 0 Å². The molecule has 0 amide bonds. The number of anilines is 1. The maximum absolute atomic E-state index is 6.31. The number of nitrogens with zero attached hydrogens (tertiary/aromatic N) is 3. The summed E-state index contributed by atoms with van der Waals surface area (Å²) in [4.78, 5) is 12.0. The maximum atomic E-state index is 6.31. The molecule has 2 aromatic rings. The molecule has 2 atom stereocenters. The van der Waals surface area contributed by atoms with Crippen molar-refractivity contribution in [3.8, 4) is 0 Å². The van der Waals surface area contributed by atoms with E-state index in [1.807, 2.05) is 12.4 Å². The van der Waals surface area contributed by atoms with Crippen LogP contribution in [-0.2, 0) is 23.3 Å². The van der Waals surface area contributed by atoms with Crippen LogP contribution in [0.1, 0.15) is 35.8 Å². The van der Waals surface area contributed by atoms with E-state index in [2.05, 4.69) is 27.9 Å². The Bertz CT molecular complexity index is 735. The number of thiophene rings is 1. The van der Waals surface area contributed by atoms with Crippen molar-refractivity contribution in [3.63, 3.8) is 0 Å². The number of piperidine rings is 1. The molecule has 7 heteroatoms. The summed E-state index contributed by atoms with van der Waals surface area (Å²) in [6.07, 6.45) is 6.59. The Kier molecular flexibility index (Phi) is 4.24. The second-order valence-electron chi connectivity index (χ2n) is 6.70. The Hall–Kier alpha value is -1.21. The van der Waals surface area contributed by atoms with Crippen LogP contribution in [0.3, 0.4) is 0 Å². The quantitative estimate of drug-likeness (QED) is 0.886. The molecule has 0 unspecified atom stereocenters. The smallest absolute Gasteiger partial charge is 0.219 e. The van der Waals surface area contributed by atoms with Crippen LogP contribution < -0.4 is 5.73 Å². The van der Waals surface area contributed by atoms with Crippen LogP contribution >= 0.6 is 22.9 Å². The van der Waals surface area contributed by atoms with Gasteiger partial charge in [0.2, 0.25) is 5.95 Å². The van der Waals surface area contributed by atoms with E-state index < -0.39 is 0 Å². The molecule has 2 aliphatic heterocycles. The molecule has 5 nitrogen and oxygen atoms in total. The number of aromatic nitrogens is 2. The Labute approximate surface area is 150 Å². The number of likely N-dealkylation sites (tertiary alicyclic amines) is 1. The lowest BCUT2D eigenvalue weighted by molar-refractivity contribution is -0.112. The summed E-state index contributed by atoms with van der Waals surface area (Å²) in [5, 5.41) is 0. The molecular weight excluding hydrogens is 344 g/mol. The van der Waals surface area contributed by atoms with Gasteiger partial charge in [-0.25, -0.2) is 9.97 Å². The van der Waals surface area contributed by atoms with Crippen molar-refractivity contribution < 1.29 is 4.74 Å². The molecule has 2 N–H and O–H groups in total. The Morgan fingerprint density at radius 2 is 2.25 bits per heavy atom. The van der Waals surface area contributed by atoms with Gasteiger partial charge < -0.3 is 10.5 Å². The standard InChI is InChI=1S/C17H21ClN4OS/c1-11-7-17(13-6-15(18)24-14(13)2-5-23-17)3-4-22(11)10-12-8-20-16(19)21-9-12/h6,8-9,11H,2-5,7,10H2,1H3,(H2,19,20,21)/t11-,17+/m0/s1. The van der Waals surface area contributed by atoms with Crippen molar-refractivity contribution in [1.82, 2.24) is 14.9 Å². The molecule has 2 aromatic heterocycles. The van der Waals surface area contributed by atoms with E-state index in [-0.39, 0.29) is 5.60 Å². The van der Waals surface area contributed by atoms with E-state index in [0.717, 1.165) is 48.9 Å². The van der Waals surface area contributed by atoms with E-state index in [4.69, 9.17) is 22.1 Å². The fourth-order valence-electron chi connectivity index (χ4n) is 3.93. The number of rotatable bonds is 2. The lowest BCUT2D eigenvalue weighted by Gasteiger charge is -2.47. The van der Waals surface area contributed by atoms with Gasteiger partial charge in [0.05, 0.1) is 16.5 Å². The highest BCUT2D eigenvalue weighted by molar-refractivity contribution is 7.16. The van der Waals surface area contributed by atoms with Crippen LogP contribution in [0.25, 0.3) is 0 Å². The third kappa shape index (κ3) is 2.92. The van der Waals surface area contributed by atoms with Crippen molar-refractivity contribution in [1.29, 1.82) is 0 Å². The molecule has 4 rings (SSSR count). The van der Waals surface area contributed by atoms with E-state index >= 15 is 0 Å². The molecule has 1 fully saturated rings. The Morgan fingerprint density at radius 1 is 1.46 bits per heavy atom. The molecule has 0 aromatic carbocycles. The van der Waals surface area contributed by atoms with Gasteiger partial charge >= 0.3 is 0 Å². The van der Waals surface area contributed by atoms with Gasteiger partial charge in [-0.05, 0) is 31.4 Å². The summed E-state index contributed by atoms with van der Waals surface area (Å²) in [6.45, 7) is 4.89. The topological polar surface area (TPSA) is 64.3 Å². The van der Waals surface area contributed by atoms with Gasteiger partial charge in [-0.15, -0.1) is 11.3 Å². The first-order chi connectivity index (χ1) is 11.6. The lowest BCUT2D eigenvalue weighted by atomic mass is 9.79.